The van der Waals surface area contributed by atoms with Gasteiger partial charge in [0.1, 0.15) is 0 Å². The van der Waals surface area contributed by atoms with Gasteiger partial charge in [0.15, 0.2) is 6.10 Å². The molecule has 0 aliphatic carbocycles. The van der Waals surface area contributed by atoms with Gasteiger partial charge in [0, 0.05) is 12.5 Å². The predicted octanol–water partition coefficient (Wildman–Crippen LogP) is 0.117. The van der Waals surface area contributed by atoms with Gasteiger partial charge < -0.3 is 20.9 Å². The van der Waals surface area contributed by atoms with Gasteiger partial charge in [-0.05, 0) is 12.0 Å². The van der Waals surface area contributed by atoms with Crippen LogP contribution in [0.25, 0.3) is 0 Å². The first kappa shape index (κ1) is 16.1. The number of amides is 1. The minimum Gasteiger partial charge on any atom is -0.467 e. The number of esters is 1. The lowest BCUT2D eigenvalue weighted by Gasteiger charge is -2.13. The molecule has 6 nitrogen and oxygen atoms in total. The summed E-state index contributed by atoms with van der Waals surface area (Å²) in [7, 11) is 1.17. The Labute approximate surface area is 117 Å². The van der Waals surface area contributed by atoms with E-state index in [2.05, 4.69) is 10.1 Å². The first-order valence-electron chi connectivity index (χ1n) is 6.37. The second-order valence-electron chi connectivity index (χ2n) is 4.40. The number of hydrogen-bond acceptors (Lipinski definition) is 5. The number of nitrogens with one attached hydrogen (secondary N) is 1. The summed E-state index contributed by atoms with van der Waals surface area (Å²) in [6, 6.07) is 9.28. The smallest absolute Gasteiger partial charge is 0.336 e. The molecule has 0 aliphatic heterocycles. The first-order valence-corrected chi connectivity index (χ1v) is 6.37. The fourth-order valence-corrected chi connectivity index (χ4v) is 1.67. The average Bonchev–Trinajstić information content (AvgIpc) is 2.50. The quantitative estimate of drug-likeness (QED) is 0.616. The van der Waals surface area contributed by atoms with Crippen molar-refractivity contribution in [1.82, 2.24) is 5.32 Å². The second-order valence-corrected chi connectivity index (χ2v) is 4.40. The maximum atomic E-state index is 11.6. The first-order chi connectivity index (χ1) is 9.54. The van der Waals surface area contributed by atoms with E-state index < -0.39 is 12.1 Å². The van der Waals surface area contributed by atoms with Gasteiger partial charge in [-0.25, -0.2) is 4.79 Å². The van der Waals surface area contributed by atoms with Crippen LogP contribution in [0.1, 0.15) is 24.4 Å². The molecule has 0 bridgehead atoms. The Morgan fingerprint density at radius 1 is 1.35 bits per heavy atom. The predicted molar refractivity (Wildman–Crippen MR) is 73.6 cm³/mol. The highest BCUT2D eigenvalue weighted by Gasteiger charge is 2.16. The van der Waals surface area contributed by atoms with Crippen LogP contribution >= 0.6 is 0 Å². The Bertz CT molecular complexity index is 436. The van der Waals surface area contributed by atoms with Crippen molar-refractivity contribution < 1.29 is 19.4 Å². The third-order valence-electron chi connectivity index (χ3n) is 2.88. The fraction of sp³-hybridized carbons (Fsp3) is 0.429. The Morgan fingerprint density at radius 2 is 2.00 bits per heavy atom. The van der Waals surface area contributed by atoms with Crippen LogP contribution in [0, 0.1) is 0 Å². The van der Waals surface area contributed by atoms with E-state index in [4.69, 9.17) is 5.73 Å². The zero-order chi connectivity index (χ0) is 15.0. The van der Waals surface area contributed by atoms with E-state index in [1.165, 1.54) is 7.11 Å². The fourth-order valence-electron chi connectivity index (χ4n) is 1.67. The third-order valence-corrected chi connectivity index (χ3v) is 2.88. The monoisotopic (exact) mass is 280 g/mol. The van der Waals surface area contributed by atoms with E-state index in [9.17, 15) is 14.7 Å². The molecule has 4 N–H and O–H groups in total. The zero-order valence-corrected chi connectivity index (χ0v) is 11.4. The summed E-state index contributed by atoms with van der Waals surface area (Å²) < 4.78 is 4.34. The number of carbonyl (C=O) groups is 2. The Kier molecular flexibility index (Phi) is 6.69. The van der Waals surface area contributed by atoms with Gasteiger partial charge in [0.05, 0.1) is 13.7 Å². The lowest BCUT2D eigenvalue weighted by molar-refractivity contribution is -0.150. The molecule has 1 rings (SSSR count). The van der Waals surface area contributed by atoms with Crippen LogP contribution in [-0.4, -0.2) is 36.7 Å². The summed E-state index contributed by atoms with van der Waals surface area (Å²) >= 11 is 0. The molecule has 110 valence electrons. The molecule has 0 aliphatic rings. The summed E-state index contributed by atoms with van der Waals surface area (Å²) in [6.45, 7) is -0.161. The van der Waals surface area contributed by atoms with Crippen LogP contribution in [0.4, 0.5) is 0 Å². The van der Waals surface area contributed by atoms with Crippen molar-refractivity contribution in [2.75, 3.05) is 13.7 Å². The van der Waals surface area contributed by atoms with Crippen LogP contribution in [0.15, 0.2) is 30.3 Å². The number of nitrogens with two attached hydrogens (primary N) is 1. The molecular weight excluding hydrogens is 260 g/mol. The summed E-state index contributed by atoms with van der Waals surface area (Å²) in [5.41, 5.74) is 6.93. The van der Waals surface area contributed by atoms with E-state index in [-0.39, 0.29) is 24.9 Å². The Balaban J connectivity index is 2.28. The molecule has 0 radical (unpaired) electrons. The standard InChI is InChI=1S/C14H20N2O4/c1-20-14(19)12(17)9-16-13(18)8-7-11(15)10-5-3-2-4-6-10/h2-6,11-12,17H,7-9,15H2,1H3,(H,16,18). The molecule has 1 aromatic carbocycles. The van der Waals surface area contributed by atoms with Crippen molar-refractivity contribution in [1.29, 1.82) is 0 Å². The van der Waals surface area contributed by atoms with Crippen LogP contribution in [0.3, 0.4) is 0 Å². The van der Waals surface area contributed by atoms with Gasteiger partial charge in [-0.2, -0.15) is 0 Å². The normalized spacial score (nSPS) is 13.3. The Hall–Kier alpha value is -1.92. The highest BCUT2D eigenvalue weighted by molar-refractivity contribution is 5.78. The molecule has 1 amide bonds. The molecule has 20 heavy (non-hydrogen) atoms. The summed E-state index contributed by atoms with van der Waals surface area (Å²) in [5, 5.41) is 11.8. The zero-order valence-electron chi connectivity index (χ0n) is 11.4. The van der Waals surface area contributed by atoms with Crippen molar-refractivity contribution in [3.05, 3.63) is 35.9 Å². The maximum Gasteiger partial charge on any atom is 0.336 e. The molecule has 0 fully saturated rings. The molecule has 0 heterocycles. The second kappa shape index (κ2) is 8.29. The minimum absolute atomic E-state index is 0.161. The van der Waals surface area contributed by atoms with Crippen molar-refractivity contribution in [3.8, 4) is 0 Å². The Morgan fingerprint density at radius 3 is 2.60 bits per heavy atom. The number of benzene rings is 1. The van der Waals surface area contributed by atoms with Crippen LogP contribution < -0.4 is 11.1 Å². The number of rotatable bonds is 7. The van der Waals surface area contributed by atoms with Crippen molar-refractivity contribution in [3.63, 3.8) is 0 Å². The molecule has 0 aromatic heterocycles. The summed E-state index contributed by atoms with van der Waals surface area (Å²) in [4.78, 5) is 22.5. The molecule has 1 aromatic rings. The van der Waals surface area contributed by atoms with Gasteiger partial charge in [0.2, 0.25) is 5.91 Å². The molecule has 6 heteroatoms. The summed E-state index contributed by atoms with van der Waals surface area (Å²) in [6.07, 6.45) is -0.625. The van der Waals surface area contributed by atoms with Crippen molar-refractivity contribution in [2.45, 2.75) is 25.0 Å². The molecule has 0 spiro atoms. The van der Waals surface area contributed by atoms with E-state index in [0.717, 1.165) is 5.56 Å². The average molecular weight is 280 g/mol. The van der Waals surface area contributed by atoms with Crippen LogP contribution in [-0.2, 0) is 14.3 Å². The number of methoxy groups -OCH3 is 1. The third kappa shape index (κ3) is 5.38. The highest BCUT2D eigenvalue weighted by Crippen LogP contribution is 2.14. The van der Waals surface area contributed by atoms with Gasteiger partial charge in [-0.1, -0.05) is 30.3 Å². The molecule has 0 saturated carbocycles. The van der Waals surface area contributed by atoms with Gasteiger partial charge >= 0.3 is 5.97 Å². The highest BCUT2D eigenvalue weighted by atomic mass is 16.5. The number of hydrogen-bond donors (Lipinski definition) is 3. The maximum absolute atomic E-state index is 11.6. The lowest BCUT2D eigenvalue weighted by Crippen LogP contribution is -2.37. The molecule has 2 atom stereocenters. The van der Waals surface area contributed by atoms with Crippen LogP contribution in [0.2, 0.25) is 0 Å². The molecular formula is C14H20N2O4. The van der Waals surface area contributed by atoms with Gasteiger partial charge in [0.25, 0.3) is 0 Å². The van der Waals surface area contributed by atoms with E-state index >= 15 is 0 Å². The van der Waals surface area contributed by atoms with E-state index in [0.29, 0.717) is 6.42 Å². The topological polar surface area (TPSA) is 102 Å². The number of carbonyl (C=O) groups excluding carboxylic acids is 2. The van der Waals surface area contributed by atoms with Gasteiger partial charge in [-0.15, -0.1) is 0 Å². The van der Waals surface area contributed by atoms with E-state index in [1.54, 1.807) is 0 Å². The SMILES string of the molecule is COC(=O)C(O)CNC(=O)CCC(N)c1ccccc1. The lowest BCUT2D eigenvalue weighted by atomic mass is 10.0. The van der Waals surface area contributed by atoms with Gasteiger partial charge in [-0.3, -0.25) is 4.79 Å². The minimum atomic E-state index is -1.34. The largest absolute Gasteiger partial charge is 0.467 e. The molecule has 0 saturated heterocycles. The van der Waals surface area contributed by atoms with Crippen molar-refractivity contribution in [2.24, 2.45) is 5.73 Å². The van der Waals surface area contributed by atoms with Crippen LogP contribution in [0.5, 0.6) is 0 Å². The van der Waals surface area contributed by atoms with E-state index in [1.807, 2.05) is 30.3 Å². The number of aliphatic hydroxyl groups is 1. The summed E-state index contributed by atoms with van der Waals surface area (Å²) in [5.74, 6) is -1.04. The number of aliphatic hydroxyl groups excluding tert-OH is 1. The van der Waals surface area contributed by atoms with Crippen molar-refractivity contribution >= 4 is 11.9 Å². The molecule has 2 unspecified atom stereocenters. The number of ether oxygens (including phenoxy) is 1.